The lowest BCUT2D eigenvalue weighted by Crippen LogP contribution is -2.27. The molecule has 1 fully saturated rings. The Bertz CT molecular complexity index is 204. The summed E-state index contributed by atoms with van der Waals surface area (Å²) in [5.74, 6) is 2.84. The number of hydrogen-bond donors (Lipinski definition) is 0. The van der Waals surface area contributed by atoms with Gasteiger partial charge in [0.25, 0.3) is 0 Å². The summed E-state index contributed by atoms with van der Waals surface area (Å²) < 4.78 is 0. The Labute approximate surface area is 110 Å². The first kappa shape index (κ1) is 15.1. The van der Waals surface area contributed by atoms with Crippen LogP contribution in [0.5, 0.6) is 0 Å². The second-order valence-electron chi connectivity index (χ2n) is 7.37. The fourth-order valence-electron chi connectivity index (χ4n) is 3.70. The van der Waals surface area contributed by atoms with Crippen LogP contribution in [-0.4, -0.2) is 0 Å². The molecule has 0 bridgehead atoms. The van der Waals surface area contributed by atoms with Gasteiger partial charge in [-0.1, -0.05) is 73.1 Å². The standard InChI is InChI=1S/C17H34/c1-6-9-14(2)12-16-11-8-7-10-15(3)17(4,5)13-16/h14-16H,6-13H2,1-5H3. The highest BCUT2D eigenvalue weighted by molar-refractivity contribution is 4.81. The van der Waals surface area contributed by atoms with Crippen LogP contribution in [0.15, 0.2) is 0 Å². The molecular formula is C17H34. The van der Waals surface area contributed by atoms with Gasteiger partial charge >= 0.3 is 0 Å². The van der Waals surface area contributed by atoms with Crippen molar-refractivity contribution in [1.29, 1.82) is 0 Å². The van der Waals surface area contributed by atoms with E-state index in [0.717, 1.165) is 17.8 Å². The smallest absolute Gasteiger partial charge is 0.0326 e. The van der Waals surface area contributed by atoms with Gasteiger partial charge in [-0.3, -0.25) is 0 Å². The van der Waals surface area contributed by atoms with Crippen LogP contribution in [0.4, 0.5) is 0 Å². The molecule has 0 saturated heterocycles. The minimum atomic E-state index is 0.566. The van der Waals surface area contributed by atoms with Gasteiger partial charge in [-0.05, 0) is 36.0 Å². The molecule has 0 amide bonds. The summed E-state index contributed by atoms with van der Waals surface area (Å²) in [7, 11) is 0. The number of hydrogen-bond acceptors (Lipinski definition) is 0. The van der Waals surface area contributed by atoms with Crippen molar-refractivity contribution in [1.82, 2.24) is 0 Å². The lowest BCUT2D eigenvalue weighted by molar-refractivity contribution is 0.128. The summed E-state index contributed by atoms with van der Waals surface area (Å²) >= 11 is 0. The van der Waals surface area contributed by atoms with Crippen LogP contribution < -0.4 is 0 Å². The van der Waals surface area contributed by atoms with Gasteiger partial charge < -0.3 is 0 Å². The highest BCUT2D eigenvalue weighted by Crippen LogP contribution is 2.42. The summed E-state index contributed by atoms with van der Waals surface area (Å²) in [6, 6.07) is 0. The van der Waals surface area contributed by atoms with Gasteiger partial charge in [0, 0.05) is 0 Å². The van der Waals surface area contributed by atoms with Gasteiger partial charge in [-0.15, -0.1) is 0 Å². The van der Waals surface area contributed by atoms with Crippen LogP contribution in [0.25, 0.3) is 0 Å². The van der Waals surface area contributed by atoms with Crippen molar-refractivity contribution in [2.24, 2.45) is 23.2 Å². The zero-order valence-corrected chi connectivity index (χ0v) is 12.9. The van der Waals surface area contributed by atoms with Crippen LogP contribution in [0.2, 0.25) is 0 Å². The Morgan fingerprint density at radius 3 is 2.47 bits per heavy atom. The van der Waals surface area contributed by atoms with Crippen LogP contribution in [-0.2, 0) is 0 Å². The Balaban J connectivity index is 2.52. The van der Waals surface area contributed by atoms with Gasteiger partial charge in [0.2, 0.25) is 0 Å². The quantitative estimate of drug-likeness (QED) is 0.559. The summed E-state index contributed by atoms with van der Waals surface area (Å²) in [5.41, 5.74) is 0.566. The van der Waals surface area contributed by atoms with Crippen LogP contribution >= 0.6 is 0 Å². The fourth-order valence-corrected chi connectivity index (χ4v) is 3.70. The molecule has 0 heterocycles. The molecule has 0 nitrogen and oxygen atoms in total. The zero-order valence-electron chi connectivity index (χ0n) is 12.9. The molecule has 0 aromatic rings. The van der Waals surface area contributed by atoms with E-state index in [0.29, 0.717) is 5.41 Å². The van der Waals surface area contributed by atoms with Gasteiger partial charge in [0.1, 0.15) is 0 Å². The molecule has 0 aromatic heterocycles. The van der Waals surface area contributed by atoms with Crippen molar-refractivity contribution in [2.75, 3.05) is 0 Å². The van der Waals surface area contributed by atoms with E-state index in [1.807, 2.05) is 0 Å². The first-order valence-corrected chi connectivity index (χ1v) is 7.95. The molecule has 0 N–H and O–H groups in total. The first-order chi connectivity index (χ1) is 7.95. The Morgan fingerprint density at radius 2 is 1.82 bits per heavy atom. The van der Waals surface area contributed by atoms with Crippen molar-refractivity contribution < 1.29 is 0 Å². The molecular weight excluding hydrogens is 204 g/mol. The lowest BCUT2D eigenvalue weighted by Gasteiger charge is -2.38. The predicted molar refractivity (Wildman–Crippen MR) is 78.2 cm³/mol. The number of rotatable bonds is 4. The highest BCUT2D eigenvalue weighted by Gasteiger charge is 2.30. The zero-order chi connectivity index (χ0) is 12.9. The summed E-state index contributed by atoms with van der Waals surface area (Å²) in [4.78, 5) is 0. The van der Waals surface area contributed by atoms with Crippen molar-refractivity contribution in [3.8, 4) is 0 Å². The van der Waals surface area contributed by atoms with Crippen molar-refractivity contribution in [3.63, 3.8) is 0 Å². The van der Waals surface area contributed by atoms with E-state index in [2.05, 4.69) is 34.6 Å². The van der Waals surface area contributed by atoms with E-state index >= 15 is 0 Å². The topological polar surface area (TPSA) is 0 Å². The second-order valence-corrected chi connectivity index (χ2v) is 7.37. The van der Waals surface area contributed by atoms with E-state index in [-0.39, 0.29) is 0 Å². The van der Waals surface area contributed by atoms with Crippen molar-refractivity contribution in [3.05, 3.63) is 0 Å². The Hall–Kier alpha value is 0. The Morgan fingerprint density at radius 1 is 1.18 bits per heavy atom. The highest BCUT2D eigenvalue weighted by atomic mass is 14.4. The van der Waals surface area contributed by atoms with Gasteiger partial charge in [0.05, 0.1) is 0 Å². The molecule has 1 aliphatic rings. The summed E-state index contributed by atoms with van der Waals surface area (Å²) in [5, 5.41) is 0. The SMILES string of the molecule is CCCC(C)CC1CCCCC(C)C(C)(C)C1. The molecule has 0 aliphatic heterocycles. The van der Waals surface area contributed by atoms with E-state index in [1.54, 1.807) is 0 Å². The average molecular weight is 238 g/mol. The maximum absolute atomic E-state index is 2.50. The Kier molecular flexibility index (Phi) is 6.03. The molecule has 1 saturated carbocycles. The molecule has 0 radical (unpaired) electrons. The normalized spacial score (nSPS) is 31.6. The summed E-state index contributed by atoms with van der Waals surface area (Å²) in [6.45, 7) is 12.2. The maximum atomic E-state index is 2.50. The monoisotopic (exact) mass is 238 g/mol. The third-order valence-corrected chi connectivity index (χ3v) is 5.17. The molecule has 102 valence electrons. The molecule has 0 spiro atoms. The molecule has 3 atom stereocenters. The first-order valence-electron chi connectivity index (χ1n) is 7.95. The van der Waals surface area contributed by atoms with Crippen LogP contribution in [0, 0.1) is 23.2 Å². The van der Waals surface area contributed by atoms with E-state index in [4.69, 9.17) is 0 Å². The van der Waals surface area contributed by atoms with Gasteiger partial charge in [-0.25, -0.2) is 0 Å². The second kappa shape index (κ2) is 6.81. The molecule has 3 unspecified atom stereocenters. The third kappa shape index (κ3) is 5.02. The molecule has 1 aliphatic carbocycles. The average Bonchev–Trinajstić information content (AvgIpc) is 2.22. The van der Waals surface area contributed by atoms with Gasteiger partial charge in [0.15, 0.2) is 0 Å². The fraction of sp³-hybridized carbons (Fsp3) is 1.00. The van der Waals surface area contributed by atoms with Gasteiger partial charge in [-0.2, -0.15) is 0 Å². The van der Waals surface area contributed by atoms with E-state index in [1.165, 1.54) is 51.4 Å². The largest absolute Gasteiger partial charge is 0.0654 e. The molecule has 17 heavy (non-hydrogen) atoms. The van der Waals surface area contributed by atoms with Crippen LogP contribution in [0.1, 0.15) is 86.0 Å². The van der Waals surface area contributed by atoms with E-state index in [9.17, 15) is 0 Å². The van der Waals surface area contributed by atoms with Crippen LogP contribution in [0.3, 0.4) is 0 Å². The van der Waals surface area contributed by atoms with Crippen molar-refractivity contribution in [2.45, 2.75) is 86.0 Å². The molecule has 0 heteroatoms. The minimum Gasteiger partial charge on any atom is -0.0654 e. The van der Waals surface area contributed by atoms with E-state index < -0.39 is 0 Å². The summed E-state index contributed by atoms with van der Waals surface area (Å²) in [6.07, 6.45) is 11.6. The minimum absolute atomic E-state index is 0.566. The third-order valence-electron chi connectivity index (χ3n) is 5.17. The predicted octanol–water partition coefficient (Wildman–Crippen LogP) is 6.06. The maximum Gasteiger partial charge on any atom is -0.0326 e. The molecule has 1 rings (SSSR count). The van der Waals surface area contributed by atoms with Crippen molar-refractivity contribution >= 4 is 0 Å². The molecule has 0 aromatic carbocycles. The lowest BCUT2D eigenvalue weighted by atomic mass is 9.67.